The van der Waals surface area contributed by atoms with Crippen LogP contribution in [0.25, 0.3) is 0 Å². The summed E-state index contributed by atoms with van der Waals surface area (Å²) in [6, 6.07) is 15.0. The van der Waals surface area contributed by atoms with Gasteiger partial charge in [-0.2, -0.15) is 4.31 Å². The van der Waals surface area contributed by atoms with Crippen LogP contribution >= 0.6 is 0 Å². The van der Waals surface area contributed by atoms with Crippen molar-refractivity contribution in [1.82, 2.24) is 14.2 Å². The summed E-state index contributed by atoms with van der Waals surface area (Å²) >= 11 is 0. The Hall–Kier alpha value is -3.63. The summed E-state index contributed by atoms with van der Waals surface area (Å²) < 4.78 is 44.0. The number of carbonyl (C=O) groups is 1. The van der Waals surface area contributed by atoms with Gasteiger partial charge >= 0.3 is 0 Å². The van der Waals surface area contributed by atoms with Crippen molar-refractivity contribution in [3.63, 3.8) is 0 Å². The second-order valence-electron chi connectivity index (χ2n) is 7.53. The highest BCUT2D eigenvalue weighted by Gasteiger charge is 2.32. The quantitative estimate of drug-likeness (QED) is 0.509. The molecule has 0 atom stereocenters. The van der Waals surface area contributed by atoms with Crippen LogP contribution in [0.2, 0.25) is 0 Å². The number of hydrogen-bond acceptors (Lipinski definition) is 7. The van der Waals surface area contributed by atoms with Crippen LogP contribution in [0.5, 0.6) is 23.0 Å². The largest absolute Gasteiger partial charge is 0.497 e. The molecule has 1 fully saturated rings. The SMILES string of the molecule is COc1ccc(OC)c(S(=O)(=O)N2CCN(C(=O)c3ccc(Oc4cccnc4)cc3)CC2)c1. The van der Waals surface area contributed by atoms with Crippen LogP contribution in [0.15, 0.2) is 71.9 Å². The van der Waals surface area contributed by atoms with Crippen molar-refractivity contribution in [3.8, 4) is 23.0 Å². The number of aromatic nitrogens is 1. The first-order chi connectivity index (χ1) is 16.4. The first kappa shape index (κ1) is 23.5. The molecule has 1 amide bonds. The van der Waals surface area contributed by atoms with Crippen molar-refractivity contribution in [1.29, 1.82) is 0 Å². The number of nitrogens with zero attached hydrogens (tertiary/aromatic N) is 3. The molecule has 10 heteroatoms. The summed E-state index contributed by atoms with van der Waals surface area (Å²) in [6.07, 6.45) is 3.26. The van der Waals surface area contributed by atoms with Crippen LogP contribution in [0, 0.1) is 0 Å². The number of amides is 1. The predicted octanol–water partition coefficient (Wildman–Crippen LogP) is 3.04. The van der Waals surface area contributed by atoms with Crippen molar-refractivity contribution in [2.45, 2.75) is 4.90 Å². The van der Waals surface area contributed by atoms with E-state index in [9.17, 15) is 13.2 Å². The van der Waals surface area contributed by atoms with Crippen LogP contribution in [0.1, 0.15) is 10.4 Å². The molecule has 178 valence electrons. The molecular formula is C24H25N3O6S. The van der Waals surface area contributed by atoms with E-state index in [0.29, 0.717) is 22.8 Å². The minimum Gasteiger partial charge on any atom is -0.497 e. The monoisotopic (exact) mass is 483 g/mol. The van der Waals surface area contributed by atoms with Gasteiger partial charge in [-0.3, -0.25) is 9.78 Å². The normalized spacial score (nSPS) is 14.5. The van der Waals surface area contributed by atoms with Gasteiger partial charge in [0.25, 0.3) is 5.91 Å². The maximum absolute atomic E-state index is 13.2. The molecule has 0 N–H and O–H groups in total. The second-order valence-corrected chi connectivity index (χ2v) is 9.43. The Morgan fingerprint density at radius 2 is 1.59 bits per heavy atom. The molecule has 0 saturated carbocycles. The molecule has 1 saturated heterocycles. The Balaban J connectivity index is 1.41. The van der Waals surface area contributed by atoms with Gasteiger partial charge in [0.15, 0.2) is 0 Å². The Morgan fingerprint density at radius 1 is 0.882 bits per heavy atom. The highest BCUT2D eigenvalue weighted by atomic mass is 32.2. The van der Waals surface area contributed by atoms with E-state index in [-0.39, 0.29) is 42.7 Å². The van der Waals surface area contributed by atoms with Crippen LogP contribution < -0.4 is 14.2 Å². The zero-order valence-electron chi connectivity index (χ0n) is 18.9. The van der Waals surface area contributed by atoms with Crippen LogP contribution in [0.3, 0.4) is 0 Å². The molecular weight excluding hydrogens is 458 g/mol. The van der Waals surface area contributed by atoms with E-state index in [1.165, 1.54) is 24.6 Å². The number of rotatable bonds is 7. The van der Waals surface area contributed by atoms with Crippen molar-refractivity contribution < 1.29 is 27.4 Å². The number of pyridine rings is 1. The van der Waals surface area contributed by atoms with Gasteiger partial charge in [-0.15, -0.1) is 0 Å². The van der Waals surface area contributed by atoms with E-state index in [1.54, 1.807) is 65.8 Å². The fourth-order valence-electron chi connectivity index (χ4n) is 3.65. The number of hydrogen-bond donors (Lipinski definition) is 0. The number of ether oxygens (including phenoxy) is 3. The third-order valence-electron chi connectivity index (χ3n) is 5.49. The highest BCUT2D eigenvalue weighted by molar-refractivity contribution is 7.89. The minimum absolute atomic E-state index is 0.0401. The second kappa shape index (κ2) is 10.1. The average Bonchev–Trinajstić information content (AvgIpc) is 2.89. The van der Waals surface area contributed by atoms with E-state index < -0.39 is 10.0 Å². The van der Waals surface area contributed by atoms with E-state index >= 15 is 0 Å². The Bertz CT molecular complexity index is 1240. The van der Waals surface area contributed by atoms with Crippen molar-refractivity contribution >= 4 is 15.9 Å². The van der Waals surface area contributed by atoms with Gasteiger partial charge < -0.3 is 19.1 Å². The summed E-state index contributed by atoms with van der Waals surface area (Å²) in [4.78, 5) is 18.6. The van der Waals surface area contributed by atoms with E-state index in [1.807, 2.05) is 0 Å². The molecule has 0 unspecified atom stereocenters. The number of sulfonamides is 1. The lowest BCUT2D eigenvalue weighted by atomic mass is 10.2. The fourth-order valence-corrected chi connectivity index (χ4v) is 5.24. The molecule has 0 aliphatic carbocycles. The molecule has 0 spiro atoms. The third kappa shape index (κ3) is 4.97. The van der Waals surface area contributed by atoms with Gasteiger partial charge in [0, 0.05) is 44.0 Å². The summed E-state index contributed by atoms with van der Waals surface area (Å²) in [5, 5.41) is 0. The first-order valence-corrected chi connectivity index (χ1v) is 12.1. The number of carbonyl (C=O) groups excluding carboxylic acids is 1. The molecule has 2 heterocycles. The molecule has 2 aromatic carbocycles. The van der Waals surface area contributed by atoms with Crippen LogP contribution in [-0.4, -0.2) is 68.9 Å². The molecule has 0 bridgehead atoms. The molecule has 3 aromatic rings. The molecule has 0 radical (unpaired) electrons. The Kier molecular flexibility index (Phi) is 6.99. The Morgan fingerprint density at radius 3 is 2.21 bits per heavy atom. The zero-order valence-corrected chi connectivity index (χ0v) is 19.7. The third-order valence-corrected chi connectivity index (χ3v) is 7.41. The standard InChI is InChI=1S/C24H25N3O6S/c1-31-20-9-10-22(32-2)23(16-20)34(29,30)27-14-12-26(13-15-27)24(28)18-5-7-19(8-6-18)33-21-4-3-11-25-17-21/h3-11,16-17H,12-15H2,1-2H3. The molecule has 1 aliphatic heterocycles. The van der Waals surface area contributed by atoms with E-state index in [2.05, 4.69) is 4.98 Å². The van der Waals surface area contributed by atoms with Gasteiger partial charge in [-0.05, 0) is 48.5 Å². The summed E-state index contributed by atoms with van der Waals surface area (Å²) in [5.74, 6) is 1.69. The fraction of sp³-hybridized carbons (Fsp3) is 0.250. The smallest absolute Gasteiger partial charge is 0.253 e. The van der Waals surface area contributed by atoms with E-state index in [4.69, 9.17) is 14.2 Å². The van der Waals surface area contributed by atoms with Crippen molar-refractivity contribution in [2.75, 3.05) is 40.4 Å². The predicted molar refractivity (Wildman–Crippen MR) is 125 cm³/mol. The summed E-state index contributed by atoms with van der Waals surface area (Å²) in [6.45, 7) is 0.907. The summed E-state index contributed by atoms with van der Waals surface area (Å²) in [7, 11) is -0.924. The number of methoxy groups -OCH3 is 2. The van der Waals surface area contributed by atoms with Crippen molar-refractivity contribution in [2.24, 2.45) is 0 Å². The topological polar surface area (TPSA) is 98.3 Å². The molecule has 4 rings (SSSR count). The lowest BCUT2D eigenvalue weighted by Crippen LogP contribution is -2.50. The maximum Gasteiger partial charge on any atom is 0.253 e. The van der Waals surface area contributed by atoms with E-state index in [0.717, 1.165) is 0 Å². The minimum atomic E-state index is -3.82. The van der Waals surface area contributed by atoms with Gasteiger partial charge in [-0.25, -0.2) is 8.42 Å². The van der Waals surface area contributed by atoms with Gasteiger partial charge in [0.1, 0.15) is 27.9 Å². The van der Waals surface area contributed by atoms with Crippen molar-refractivity contribution in [3.05, 3.63) is 72.6 Å². The van der Waals surface area contributed by atoms with Crippen LogP contribution in [-0.2, 0) is 10.0 Å². The molecule has 1 aromatic heterocycles. The lowest BCUT2D eigenvalue weighted by molar-refractivity contribution is 0.0697. The number of benzene rings is 2. The summed E-state index contributed by atoms with van der Waals surface area (Å²) in [5.41, 5.74) is 0.504. The highest BCUT2D eigenvalue weighted by Crippen LogP contribution is 2.31. The maximum atomic E-state index is 13.2. The van der Waals surface area contributed by atoms with Gasteiger partial charge in [0.05, 0.1) is 20.4 Å². The zero-order chi connectivity index (χ0) is 24.1. The van der Waals surface area contributed by atoms with Gasteiger partial charge in [0.2, 0.25) is 10.0 Å². The Labute approximate surface area is 198 Å². The van der Waals surface area contributed by atoms with Gasteiger partial charge in [-0.1, -0.05) is 0 Å². The molecule has 34 heavy (non-hydrogen) atoms. The lowest BCUT2D eigenvalue weighted by Gasteiger charge is -2.34. The first-order valence-electron chi connectivity index (χ1n) is 10.6. The molecule has 1 aliphatic rings. The van der Waals surface area contributed by atoms with Crippen LogP contribution in [0.4, 0.5) is 0 Å². The average molecular weight is 484 g/mol. The molecule has 9 nitrogen and oxygen atoms in total. The number of piperazine rings is 1.